The lowest BCUT2D eigenvalue weighted by molar-refractivity contribution is -0.131. The summed E-state index contributed by atoms with van der Waals surface area (Å²) in [4.78, 5) is 10.8. The number of benzene rings is 3. The fourth-order valence-corrected chi connectivity index (χ4v) is 4.04. The summed E-state index contributed by atoms with van der Waals surface area (Å²) in [5, 5.41) is 16.3. The van der Waals surface area contributed by atoms with Gasteiger partial charge in [0.2, 0.25) is 5.95 Å². The summed E-state index contributed by atoms with van der Waals surface area (Å²) in [5.74, 6) is -1.55. The van der Waals surface area contributed by atoms with E-state index in [1.807, 2.05) is 60.7 Å². The Morgan fingerprint density at radius 3 is 2.50 bits per heavy atom. The van der Waals surface area contributed by atoms with Gasteiger partial charge in [-0.2, -0.15) is 4.39 Å². The van der Waals surface area contributed by atoms with E-state index in [4.69, 9.17) is 16.7 Å². The number of aromatic nitrogens is 2. The third-order valence-electron chi connectivity index (χ3n) is 5.28. The molecule has 1 heterocycles. The van der Waals surface area contributed by atoms with E-state index in [1.165, 1.54) is 6.08 Å². The number of allylic oxidation sites excluding steroid dienone is 1. The normalized spacial score (nSPS) is 12.3. The monoisotopic (exact) mass is 446 g/mol. The first-order valence-electron chi connectivity index (χ1n) is 10.1. The highest BCUT2D eigenvalue weighted by Crippen LogP contribution is 2.38. The van der Waals surface area contributed by atoms with Crippen LogP contribution in [0.4, 0.5) is 4.39 Å². The maximum atomic E-state index is 14.2. The fourth-order valence-electron chi connectivity index (χ4n) is 3.79. The lowest BCUT2D eigenvalue weighted by atomic mass is 9.87. The molecular formula is C26H20ClFN2O2. The number of nitrogens with one attached hydrogen (secondary N) is 1. The van der Waals surface area contributed by atoms with Crippen LogP contribution in [-0.2, 0) is 4.79 Å². The lowest BCUT2D eigenvalue weighted by Gasteiger charge is -2.17. The Kier molecular flexibility index (Phi) is 6.19. The summed E-state index contributed by atoms with van der Waals surface area (Å²) in [6.45, 7) is 2.06. The molecule has 4 aromatic rings. The Bertz CT molecular complexity index is 1350. The van der Waals surface area contributed by atoms with Gasteiger partial charge in [0.1, 0.15) is 0 Å². The van der Waals surface area contributed by atoms with Crippen molar-refractivity contribution in [1.82, 2.24) is 10.2 Å². The molecule has 0 radical (unpaired) electrons. The predicted octanol–water partition coefficient (Wildman–Crippen LogP) is 6.82. The van der Waals surface area contributed by atoms with Gasteiger partial charge in [0.05, 0.1) is 10.9 Å². The molecule has 32 heavy (non-hydrogen) atoms. The first-order valence-corrected chi connectivity index (χ1v) is 10.5. The van der Waals surface area contributed by atoms with Gasteiger partial charge in [-0.15, -0.1) is 5.10 Å². The number of H-pyrrole nitrogens is 1. The minimum atomic E-state index is -1.00. The van der Waals surface area contributed by atoms with Crippen LogP contribution in [0.5, 0.6) is 0 Å². The van der Waals surface area contributed by atoms with Gasteiger partial charge in [0.25, 0.3) is 0 Å². The third-order valence-corrected chi connectivity index (χ3v) is 5.61. The first kappa shape index (κ1) is 21.5. The summed E-state index contributed by atoms with van der Waals surface area (Å²) in [6, 6.07) is 20.7. The van der Waals surface area contributed by atoms with Crippen molar-refractivity contribution >= 4 is 45.7 Å². The van der Waals surface area contributed by atoms with Crippen molar-refractivity contribution < 1.29 is 14.3 Å². The summed E-state index contributed by atoms with van der Waals surface area (Å²) >= 11 is 6.54. The van der Waals surface area contributed by atoms with E-state index >= 15 is 0 Å². The smallest absolute Gasteiger partial charge is 0.328 e. The molecule has 2 N–H and O–H groups in total. The molecule has 1 aromatic heterocycles. The fraction of sp³-hybridized carbons (Fsp3) is 0.0769. The van der Waals surface area contributed by atoms with Gasteiger partial charge >= 0.3 is 5.97 Å². The summed E-state index contributed by atoms with van der Waals surface area (Å²) in [5.41, 5.74) is 6.00. The highest BCUT2D eigenvalue weighted by Gasteiger charge is 2.16. The van der Waals surface area contributed by atoms with Gasteiger partial charge < -0.3 is 5.11 Å². The molecule has 0 fully saturated rings. The largest absolute Gasteiger partial charge is 0.478 e. The molecular weight excluding hydrogens is 427 g/mol. The molecule has 0 amide bonds. The van der Waals surface area contributed by atoms with Crippen LogP contribution >= 0.6 is 11.6 Å². The molecule has 0 bridgehead atoms. The van der Waals surface area contributed by atoms with Crippen molar-refractivity contribution in [1.29, 1.82) is 0 Å². The molecule has 0 aliphatic rings. The Hall–Kier alpha value is -3.70. The Balaban J connectivity index is 1.94. The van der Waals surface area contributed by atoms with E-state index in [1.54, 1.807) is 6.07 Å². The lowest BCUT2D eigenvalue weighted by Crippen LogP contribution is -1.96. The number of carboxylic acid groups (broad SMARTS) is 1. The number of hydrogen-bond donors (Lipinski definition) is 2. The standard InChI is InChI=1S/C26H20ClFN2O2/c1-2-19(20-5-3-4-6-22(20)27)25(17-10-7-16(8-11-17)9-14-24(31)32)18-12-13-23-21(15-18)26(28)30-29-23/h3-15H,2H2,1H3,(H,29,30)(H,31,32). The molecule has 3 aromatic carbocycles. The van der Waals surface area contributed by atoms with Crippen molar-refractivity contribution in [3.05, 3.63) is 106 Å². The molecule has 160 valence electrons. The van der Waals surface area contributed by atoms with Crippen molar-refractivity contribution in [2.45, 2.75) is 13.3 Å². The second-order valence-corrected chi connectivity index (χ2v) is 7.66. The van der Waals surface area contributed by atoms with Crippen LogP contribution in [0.3, 0.4) is 0 Å². The first-order chi connectivity index (χ1) is 15.5. The van der Waals surface area contributed by atoms with Crippen LogP contribution in [0.2, 0.25) is 5.02 Å². The summed E-state index contributed by atoms with van der Waals surface area (Å²) in [7, 11) is 0. The maximum Gasteiger partial charge on any atom is 0.328 e. The van der Waals surface area contributed by atoms with E-state index in [0.717, 1.165) is 39.5 Å². The number of aliphatic carboxylic acids is 1. The SMILES string of the molecule is CCC(=C(c1ccc(C=CC(=O)O)cc1)c1ccc2[nH]nc(F)c2c1)c1ccccc1Cl. The van der Waals surface area contributed by atoms with Crippen LogP contribution in [0.1, 0.15) is 35.6 Å². The van der Waals surface area contributed by atoms with Crippen LogP contribution < -0.4 is 0 Å². The average Bonchev–Trinajstić information content (AvgIpc) is 3.17. The van der Waals surface area contributed by atoms with Crippen molar-refractivity contribution in [3.63, 3.8) is 0 Å². The average molecular weight is 447 g/mol. The second kappa shape index (κ2) is 9.20. The van der Waals surface area contributed by atoms with Crippen molar-refractivity contribution in [3.8, 4) is 0 Å². The predicted molar refractivity (Wildman–Crippen MR) is 127 cm³/mol. The van der Waals surface area contributed by atoms with Crippen molar-refractivity contribution in [2.75, 3.05) is 0 Å². The number of carbonyl (C=O) groups is 1. The maximum absolute atomic E-state index is 14.2. The minimum absolute atomic E-state index is 0.413. The second-order valence-electron chi connectivity index (χ2n) is 7.26. The molecule has 0 saturated carbocycles. The number of aromatic amines is 1. The highest BCUT2D eigenvalue weighted by molar-refractivity contribution is 6.32. The molecule has 4 rings (SSSR count). The molecule has 0 aliphatic carbocycles. The quantitative estimate of drug-likeness (QED) is 0.252. The highest BCUT2D eigenvalue weighted by atomic mass is 35.5. The molecule has 0 aliphatic heterocycles. The van der Waals surface area contributed by atoms with Gasteiger partial charge in [0, 0.05) is 11.1 Å². The zero-order chi connectivity index (χ0) is 22.7. The molecule has 0 spiro atoms. The van der Waals surface area contributed by atoms with Crippen LogP contribution in [0.25, 0.3) is 28.1 Å². The Morgan fingerprint density at radius 2 is 1.81 bits per heavy atom. The zero-order valence-electron chi connectivity index (χ0n) is 17.3. The van der Waals surface area contributed by atoms with E-state index in [2.05, 4.69) is 17.1 Å². The molecule has 4 nitrogen and oxygen atoms in total. The van der Waals surface area contributed by atoms with Crippen LogP contribution in [-0.4, -0.2) is 21.3 Å². The number of hydrogen-bond acceptors (Lipinski definition) is 2. The van der Waals surface area contributed by atoms with Gasteiger partial charge in [-0.05, 0) is 64.1 Å². The number of nitrogens with zero attached hydrogens (tertiary/aromatic N) is 1. The van der Waals surface area contributed by atoms with Gasteiger partial charge in [-0.1, -0.05) is 67.1 Å². The van der Waals surface area contributed by atoms with E-state index in [-0.39, 0.29) is 0 Å². The van der Waals surface area contributed by atoms with Gasteiger partial charge in [0.15, 0.2) is 0 Å². The molecule has 0 atom stereocenters. The number of halogens is 2. The van der Waals surface area contributed by atoms with E-state index in [0.29, 0.717) is 22.3 Å². The number of fused-ring (bicyclic) bond motifs is 1. The molecule has 0 saturated heterocycles. The van der Waals surface area contributed by atoms with E-state index in [9.17, 15) is 9.18 Å². The third kappa shape index (κ3) is 4.34. The number of carboxylic acids is 1. The molecule has 6 heteroatoms. The van der Waals surface area contributed by atoms with Crippen LogP contribution in [0, 0.1) is 5.95 Å². The Morgan fingerprint density at radius 1 is 1.09 bits per heavy atom. The minimum Gasteiger partial charge on any atom is -0.478 e. The topological polar surface area (TPSA) is 66.0 Å². The number of rotatable bonds is 6. The van der Waals surface area contributed by atoms with Gasteiger partial charge in [-0.25, -0.2) is 4.79 Å². The van der Waals surface area contributed by atoms with Crippen LogP contribution in [0.15, 0.2) is 72.8 Å². The zero-order valence-corrected chi connectivity index (χ0v) is 18.0. The van der Waals surface area contributed by atoms with Crippen molar-refractivity contribution in [2.24, 2.45) is 0 Å². The summed E-state index contributed by atoms with van der Waals surface area (Å²) < 4.78 is 14.2. The summed E-state index contributed by atoms with van der Waals surface area (Å²) in [6.07, 6.45) is 3.34. The Labute approximate surface area is 189 Å². The van der Waals surface area contributed by atoms with Gasteiger partial charge in [-0.3, -0.25) is 5.10 Å². The van der Waals surface area contributed by atoms with E-state index < -0.39 is 11.9 Å². The molecule has 0 unspecified atom stereocenters.